The number of aliphatic carboxylic acids is 1. The molecule has 0 atom stereocenters. The van der Waals surface area contributed by atoms with E-state index in [0.29, 0.717) is 0 Å². The van der Waals surface area contributed by atoms with Crippen molar-refractivity contribution in [3.8, 4) is 0 Å². The zero-order valence-electron chi connectivity index (χ0n) is 11.9. The van der Waals surface area contributed by atoms with Gasteiger partial charge in [-0.1, -0.05) is 24.3 Å². The summed E-state index contributed by atoms with van der Waals surface area (Å²) in [4.78, 5) is 19.6. The summed E-state index contributed by atoms with van der Waals surface area (Å²) in [6, 6.07) is 10.3. The van der Waals surface area contributed by atoms with Gasteiger partial charge >= 0.3 is 5.97 Å². The highest BCUT2D eigenvalue weighted by atomic mass is 16.4. The summed E-state index contributed by atoms with van der Waals surface area (Å²) >= 11 is 0. The fourth-order valence-corrected chi connectivity index (χ4v) is 2.89. The third kappa shape index (κ3) is 3.13. The van der Waals surface area contributed by atoms with Gasteiger partial charge < -0.3 is 10.0 Å². The number of aromatic nitrogens is 1. The van der Waals surface area contributed by atoms with E-state index >= 15 is 0 Å². The number of carboxylic acid groups (broad SMARTS) is 1. The highest BCUT2D eigenvalue weighted by Gasteiger charge is 2.18. The number of carboxylic acids is 1. The molecule has 0 radical (unpaired) electrons. The molecule has 0 saturated carbocycles. The van der Waals surface area contributed by atoms with E-state index < -0.39 is 5.97 Å². The van der Waals surface area contributed by atoms with Gasteiger partial charge in [0.2, 0.25) is 0 Å². The van der Waals surface area contributed by atoms with Crippen LogP contribution >= 0.6 is 0 Å². The van der Waals surface area contributed by atoms with Gasteiger partial charge in [-0.2, -0.15) is 0 Å². The van der Waals surface area contributed by atoms with Crippen LogP contribution in [0.5, 0.6) is 0 Å². The van der Waals surface area contributed by atoms with Gasteiger partial charge in [0.05, 0.1) is 6.54 Å². The molecule has 1 aromatic carbocycles. The molecule has 5 nitrogen and oxygen atoms in total. The van der Waals surface area contributed by atoms with E-state index in [1.165, 1.54) is 5.39 Å². The van der Waals surface area contributed by atoms with Crippen molar-refractivity contribution in [2.45, 2.75) is 6.42 Å². The summed E-state index contributed by atoms with van der Waals surface area (Å²) < 4.78 is 0. The summed E-state index contributed by atoms with van der Waals surface area (Å²) in [5, 5.41) is 11.3. The first-order valence-electron chi connectivity index (χ1n) is 7.27. The molecule has 3 rings (SSSR count). The van der Waals surface area contributed by atoms with Crippen molar-refractivity contribution < 1.29 is 9.90 Å². The zero-order chi connectivity index (χ0) is 14.7. The Morgan fingerprint density at radius 1 is 1.14 bits per heavy atom. The van der Waals surface area contributed by atoms with Crippen molar-refractivity contribution in [3.63, 3.8) is 0 Å². The first-order chi connectivity index (χ1) is 10.2. The molecule has 1 saturated heterocycles. The van der Waals surface area contributed by atoms with Gasteiger partial charge in [0.1, 0.15) is 5.82 Å². The van der Waals surface area contributed by atoms with Crippen LogP contribution in [0.15, 0.2) is 36.5 Å². The number of anilines is 1. The van der Waals surface area contributed by atoms with Crippen molar-refractivity contribution in [1.29, 1.82) is 0 Å². The Kier molecular flexibility index (Phi) is 4.01. The Morgan fingerprint density at radius 2 is 2.00 bits per heavy atom. The molecule has 2 aromatic rings. The lowest BCUT2D eigenvalue weighted by Gasteiger charge is -2.23. The number of rotatable bonds is 3. The summed E-state index contributed by atoms with van der Waals surface area (Å²) in [7, 11) is 0. The van der Waals surface area contributed by atoms with E-state index in [9.17, 15) is 4.79 Å². The number of nitrogens with zero attached hydrogens (tertiary/aromatic N) is 3. The second kappa shape index (κ2) is 6.10. The monoisotopic (exact) mass is 285 g/mol. The first kappa shape index (κ1) is 13.8. The van der Waals surface area contributed by atoms with Crippen LogP contribution in [-0.2, 0) is 4.79 Å². The lowest BCUT2D eigenvalue weighted by Crippen LogP contribution is -2.34. The van der Waals surface area contributed by atoms with Crippen molar-refractivity contribution in [2.24, 2.45) is 0 Å². The van der Waals surface area contributed by atoms with Gasteiger partial charge in [-0.3, -0.25) is 9.69 Å². The number of benzene rings is 1. The van der Waals surface area contributed by atoms with Gasteiger partial charge in [0.15, 0.2) is 0 Å². The van der Waals surface area contributed by atoms with Gasteiger partial charge in [0.25, 0.3) is 0 Å². The van der Waals surface area contributed by atoms with E-state index in [0.717, 1.165) is 43.8 Å². The normalized spacial score (nSPS) is 16.9. The van der Waals surface area contributed by atoms with Crippen LogP contribution in [-0.4, -0.2) is 53.7 Å². The number of carbonyl (C=O) groups is 1. The minimum atomic E-state index is -0.758. The second-order valence-electron chi connectivity index (χ2n) is 5.37. The van der Waals surface area contributed by atoms with Crippen molar-refractivity contribution in [1.82, 2.24) is 9.88 Å². The van der Waals surface area contributed by atoms with E-state index in [1.54, 1.807) is 0 Å². The molecule has 1 N–H and O–H groups in total. The zero-order valence-corrected chi connectivity index (χ0v) is 11.9. The minimum absolute atomic E-state index is 0.122. The maximum atomic E-state index is 10.8. The highest BCUT2D eigenvalue weighted by Crippen LogP contribution is 2.24. The molecule has 1 aliphatic heterocycles. The van der Waals surface area contributed by atoms with E-state index in [2.05, 4.69) is 22.0 Å². The predicted octanol–water partition coefficient (Wildman–Crippen LogP) is 1.83. The molecule has 0 spiro atoms. The molecule has 0 unspecified atom stereocenters. The molecule has 0 aliphatic carbocycles. The Bertz CT molecular complexity index is 639. The summed E-state index contributed by atoms with van der Waals surface area (Å²) in [6.45, 7) is 3.44. The largest absolute Gasteiger partial charge is 0.480 e. The lowest BCUT2D eigenvalue weighted by atomic mass is 10.1. The standard InChI is InChI=1S/C16H19N3O2/c20-15(21)12-18-8-3-9-19(11-10-18)16-14-5-2-1-4-13(14)6-7-17-16/h1-2,4-7H,3,8-12H2,(H,20,21). The molecule has 2 heterocycles. The third-order valence-electron chi connectivity index (χ3n) is 3.90. The quantitative estimate of drug-likeness (QED) is 0.932. The van der Waals surface area contributed by atoms with E-state index in [1.807, 2.05) is 29.3 Å². The Balaban J connectivity index is 1.81. The maximum Gasteiger partial charge on any atom is 0.317 e. The fraction of sp³-hybridized carbons (Fsp3) is 0.375. The summed E-state index contributed by atoms with van der Waals surface area (Å²) in [5.74, 6) is 0.247. The average Bonchev–Trinajstić information content (AvgIpc) is 2.71. The molecular formula is C16H19N3O2. The van der Waals surface area contributed by atoms with Crippen molar-refractivity contribution >= 4 is 22.6 Å². The van der Waals surface area contributed by atoms with Crippen LogP contribution < -0.4 is 4.90 Å². The Hall–Kier alpha value is -2.14. The second-order valence-corrected chi connectivity index (χ2v) is 5.37. The van der Waals surface area contributed by atoms with Crippen LogP contribution in [0.1, 0.15) is 6.42 Å². The average molecular weight is 285 g/mol. The number of fused-ring (bicyclic) bond motifs is 1. The lowest BCUT2D eigenvalue weighted by molar-refractivity contribution is -0.138. The molecule has 1 aromatic heterocycles. The van der Waals surface area contributed by atoms with Crippen LogP contribution in [0.4, 0.5) is 5.82 Å². The molecule has 5 heteroatoms. The van der Waals surface area contributed by atoms with E-state index in [-0.39, 0.29) is 6.54 Å². The predicted molar refractivity (Wildman–Crippen MR) is 82.6 cm³/mol. The highest BCUT2D eigenvalue weighted by molar-refractivity contribution is 5.92. The van der Waals surface area contributed by atoms with Gasteiger partial charge in [-0.05, 0) is 17.9 Å². The van der Waals surface area contributed by atoms with Gasteiger partial charge in [-0.15, -0.1) is 0 Å². The molecule has 0 bridgehead atoms. The number of pyridine rings is 1. The Labute approximate surface area is 123 Å². The number of hydrogen-bond donors (Lipinski definition) is 1. The molecule has 21 heavy (non-hydrogen) atoms. The van der Waals surface area contributed by atoms with Crippen LogP contribution in [0.2, 0.25) is 0 Å². The molecule has 0 amide bonds. The maximum absolute atomic E-state index is 10.8. The van der Waals surface area contributed by atoms with Crippen LogP contribution in [0.25, 0.3) is 10.8 Å². The third-order valence-corrected chi connectivity index (χ3v) is 3.90. The summed E-state index contributed by atoms with van der Waals surface area (Å²) in [5.41, 5.74) is 0. The van der Waals surface area contributed by atoms with Crippen LogP contribution in [0.3, 0.4) is 0 Å². The molecule has 110 valence electrons. The smallest absolute Gasteiger partial charge is 0.317 e. The van der Waals surface area contributed by atoms with Crippen LogP contribution in [0, 0.1) is 0 Å². The number of hydrogen-bond acceptors (Lipinski definition) is 4. The minimum Gasteiger partial charge on any atom is -0.480 e. The SMILES string of the molecule is O=C(O)CN1CCCN(c2nccc3ccccc23)CC1. The Morgan fingerprint density at radius 3 is 2.86 bits per heavy atom. The molecular weight excluding hydrogens is 266 g/mol. The fourth-order valence-electron chi connectivity index (χ4n) is 2.89. The first-order valence-corrected chi connectivity index (χ1v) is 7.27. The van der Waals surface area contributed by atoms with E-state index in [4.69, 9.17) is 5.11 Å². The molecule has 1 aliphatic rings. The molecule has 1 fully saturated rings. The topological polar surface area (TPSA) is 56.7 Å². The summed E-state index contributed by atoms with van der Waals surface area (Å²) in [6.07, 6.45) is 2.80. The van der Waals surface area contributed by atoms with Gasteiger partial charge in [-0.25, -0.2) is 4.98 Å². The van der Waals surface area contributed by atoms with Gasteiger partial charge in [0, 0.05) is 37.8 Å². The van der Waals surface area contributed by atoms with Crippen molar-refractivity contribution in [2.75, 3.05) is 37.6 Å². The van der Waals surface area contributed by atoms with Crippen molar-refractivity contribution in [3.05, 3.63) is 36.5 Å².